The molecule has 0 amide bonds. The fourth-order valence-corrected chi connectivity index (χ4v) is 0.803. The van der Waals surface area contributed by atoms with Gasteiger partial charge in [-0.2, -0.15) is 8.42 Å². The SMILES string of the molecule is CCCOC(=O)C(C)=C=S(=O)=O. The second-order valence-electron chi connectivity index (χ2n) is 2.10. The Morgan fingerprint density at radius 2 is 2.08 bits per heavy atom. The van der Waals surface area contributed by atoms with Crippen molar-refractivity contribution in [2.45, 2.75) is 20.3 Å². The first kappa shape index (κ1) is 10.9. The van der Waals surface area contributed by atoms with Crippen molar-refractivity contribution in [2.24, 2.45) is 0 Å². The van der Waals surface area contributed by atoms with Crippen LogP contribution in [0.4, 0.5) is 0 Å². The molecule has 68 valence electrons. The summed E-state index contributed by atoms with van der Waals surface area (Å²) in [6.07, 6.45) is 0.708. The Morgan fingerprint density at radius 3 is 2.50 bits per heavy atom. The van der Waals surface area contributed by atoms with E-state index < -0.39 is 16.3 Å². The maximum absolute atomic E-state index is 10.8. The molecule has 12 heavy (non-hydrogen) atoms. The molecular weight excluding hydrogens is 180 g/mol. The molecule has 4 nitrogen and oxygen atoms in total. The minimum Gasteiger partial charge on any atom is -0.462 e. The molecule has 0 fully saturated rings. The molecule has 0 aliphatic rings. The van der Waals surface area contributed by atoms with E-state index in [-0.39, 0.29) is 5.57 Å². The highest BCUT2D eigenvalue weighted by Gasteiger charge is 2.03. The molecule has 0 aliphatic carbocycles. The van der Waals surface area contributed by atoms with Gasteiger partial charge in [0.1, 0.15) is 0 Å². The Bertz CT molecular complexity index is 311. The molecule has 0 radical (unpaired) electrons. The summed E-state index contributed by atoms with van der Waals surface area (Å²) in [4.78, 5) is 10.8. The van der Waals surface area contributed by atoms with Crippen LogP contribution in [-0.2, 0) is 19.8 Å². The Labute approximate surface area is 72.4 Å². The zero-order valence-electron chi connectivity index (χ0n) is 6.96. The maximum atomic E-state index is 10.8. The first-order chi connectivity index (χ1) is 5.57. The average molecular weight is 190 g/mol. The molecule has 0 heterocycles. The number of carbonyl (C=O) groups is 1. The first-order valence-corrected chi connectivity index (χ1v) is 4.52. The zero-order chi connectivity index (χ0) is 9.56. The second-order valence-corrected chi connectivity index (χ2v) is 2.77. The predicted octanol–water partition coefficient (Wildman–Crippen LogP) is 0.166. The quantitative estimate of drug-likeness (QED) is 0.361. The van der Waals surface area contributed by atoms with Crippen LogP contribution >= 0.6 is 0 Å². The van der Waals surface area contributed by atoms with Gasteiger partial charge < -0.3 is 4.74 Å². The molecule has 0 aromatic heterocycles. The molecular formula is C7H10O4S. The minimum atomic E-state index is -2.46. The van der Waals surface area contributed by atoms with E-state index in [4.69, 9.17) is 0 Å². The summed E-state index contributed by atoms with van der Waals surface area (Å²) in [7, 11) is -2.46. The van der Waals surface area contributed by atoms with Gasteiger partial charge in [-0.15, -0.1) is 0 Å². The van der Waals surface area contributed by atoms with Crippen LogP contribution in [0.1, 0.15) is 20.3 Å². The summed E-state index contributed by atoms with van der Waals surface area (Å²) in [5.41, 5.74) is -0.0308. The van der Waals surface area contributed by atoms with Crippen LogP contribution in [0.5, 0.6) is 0 Å². The summed E-state index contributed by atoms with van der Waals surface area (Å²) < 4.78 is 24.7. The van der Waals surface area contributed by atoms with E-state index in [1.54, 1.807) is 0 Å². The molecule has 0 unspecified atom stereocenters. The number of ether oxygens (including phenoxy) is 1. The van der Waals surface area contributed by atoms with Gasteiger partial charge in [0.15, 0.2) is 0 Å². The van der Waals surface area contributed by atoms with Gasteiger partial charge in [0.05, 0.1) is 12.2 Å². The van der Waals surface area contributed by atoms with Crippen molar-refractivity contribution in [2.75, 3.05) is 6.61 Å². The van der Waals surface area contributed by atoms with Crippen molar-refractivity contribution >= 4 is 21.3 Å². The fourth-order valence-electron chi connectivity index (χ4n) is 0.470. The predicted molar refractivity (Wildman–Crippen MR) is 44.4 cm³/mol. The fraction of sp³-hybridized carbons (Fsp3) is 0.571. The number of esters is 1. The smallest absolute Gasteiger partial charge is 0.342 e. The van der Waals surface area contributed by atoms with Crippen molar-refractivity contribution < 1.29 is 17.9 Å². The summed E-state index contributed by atoms with van der Waals surface area (Å²) in [5, 5.41) is 1.91. The Kier molecular flexibility index (Phi) is 5.08. The molecule has 0 N–H and O–H groups in total. The average Bonchev–Trinajstić information content (AvgIpc) is 1.98. The highest BCUT2D eigenvalue weighted by atomic mass is 32.2. The molecule has 5 heteroatoms. The Morgan fingerprint density at radius 1 is 1.50 bits per heavy atom. The molecule has 0 bridgehead atoms. The lowest BCUT2D eigenvalue weighted by molar-refractivity contribution is -0.138. The van der Waals surface area contributed by atoms with Crippen LogP contribution in [0.2, 0.25) is 0 Å². The third-order valence-corrected chi connectivity index (χ3v) is 1.45. The summed E-state index contributed by atoms with van der Waals surface area (Å²) in [6.45, 7) is 3.49. The van der Waals surface area contributed by atoms with Crippen LogP contribution < -0.4 is 0 Å². The van der Waals surface area contributed by atoms with E-state index in [2.05, 4.69) is 4.74 Å². The zero-order valence-corrected chi connectivity index (χ0v) is 7.77. The lowest BCUT2D eigenvalue weighted by Gasteiger charge is -1.98. The van der Waals surface area contributed by atoms with Crippen molar-refractivity contribution in [3.63, 3.8) is 0 Å². The third-order valence-electron chi connectivity index (χ3n) is 0.980. The molecule has 0 aromatic carbocycles. The highest BCUT2D eigenvalue weighted by molar-refractivity contribution is 7.71. The summed E-state index contributed by atoms with van der Waals surface area (Å²) in [6, 6.07) is 0. The first-order valence-electron chi connectivity index (χ1n) is 3.44. The van der Waals surface area contributed by atoms with Gasteiger partial charge in [-0.05, 0) is 13.3 Å². The van der Waals surface area contributed by atoms with Gasteiger partial charge in [0, 0.05) is 5.02 Å². The lowest BCUT2D eigenvalue weighted by Crippen LogP contribution is -2.06. The molecule has 0 rings (SSSR count). The number of hydrogen-bond donors (Lipinski definition) is 0. The van der Waals surface area contributed by atoms with Crippen LogP contribution in [0.3, 0.4) is 0 Å². The molecule has 0 aromatic rings. The number of carbonyl (C=O) groups excluding carboxylic acids is 1. The van der Waals surface area contributed by atoms with E-state index in [1.165, 1.54) is 6.92 Å². The van der Waals surface area contributed by atoms with E-state index in [0.29, 0.717) is 13.0 Å². The van der Waals surface area contributed by atoms with Crippen LogP contribution in [-0.4, -0.2) is 26.0 Å². The van der Waals surface area contributed by atoms with Crippen LogP contribution in [0.25, 0.3) is 0 Å². The molecule has 0 atom stereocenters. The van der Waals surface area contributed by atoms with Gasteiger partial charge in [-0.3, -0.25) is 0 Å². The van der Waals surface area contributed by atoms with Crippen molar-refractivity contribution in [3.05, 3.63) is 5.57 Å². The van der Waals surface area contributed by atoms with Crippen molar-refractivity contribution in [3.8, 4) is 0 Å². The van der Waals surface area contributed by atoms with Gasteiger partial charge in [-0.1, -0.05) is 6.92 Å². The third kappa shape index (κ3) is 4.71. The van der Waals surface area contributed by atoms with E-state index in [1.807, 2.05) is 11.9 Å². The number of hydrogen-bond acceptors (Lipinski definition) is 4. The van der Waals surface area contributed by atoms with Gasteiger partial charge in [-0.25, -0.2) is 4.79 Å². The van der Waals surface area contributed by atoms with Crippen LogP contribution in [0.15, 0.2) is 5.57 Å². The minimum absolute atomic E-state index is 0.0308. The Balaban J connectivity index is 4.42. The molecule has 0 aliphatic heterocycles. The maximum Gasteiger partial charge on any atom is 0.342 e. The van der Waals surface area contributed by atoms with E-state index in [9.17, 15) is 13.2 Å². The largest absolute Gasteiger partial charge is 0.462 e. The van der Waals surface area contributed by atoms with Crippen molar-refractivity contribution in [1.82, 2.24) is 0 Å². The van der Waals surface area contributed by atoms with Gasteiger partial charge >= 0.3 is 5.97 Å². The summed E-state index contributed by atoms with van der Waals surface area (Å²) in [5.74, 6) is -0.638. The molecule has 0 spiro atoms. The highest BCUT2D eigenvalue weighted by Crippen LogP contribution is 1.91. The molecule has 0 saturated heterocycles. The standard InChI is InChI=1S/C7H10O4S/c1-3-4-11-7(8)6(2)5-12(9)10/h3-4H2,1-2H3. The molecule has 0 saturated carbocycles. The monoisotopic (exact) mass is 190 g/mol. The van der Waals surface area contributed by atoms with Gasteiger partial charge in [0.2, 0.25) is 0 Å². The normalized spacial score (nSPS) is 8.50. The van der Waals surface area contributed by atoms with Crippen molar-refractivity contribution in [1.29, 1.82) is 0 Å². The second kappa shape index (κ2) is 5.57. The number of rotatable bonds is 3. The van der Waals surface area contributed by atoms with Crippen LogP contribution in [0, 0.1) is 0 Å². The Hall–Kier alpha value is -1.06. The van der Waals surface area contributed by atoms with E-state index >= 15 is 0 Å². The van der Waals surface area contributed by atoms with E-state index in [0.717, 1.165) is 0 Å². The summed E-state index contributed by atoms with van der Waals surface area (Å²) >= 11 is 0. The lowest BCUT2D eigenvalue weighted by atomic mass is 10.4. The topological polar surface area (TPSA) is 60.4 Å². The van der Waals surface area contributed by atoms with Gasteiger partial charge in [0.25, 0.3) is 10.3 Å².